The number of aromatic amines is 1. The van der Waals surface area contributed by atoms with Crippen molar-refractivity contribution in [3.05, 3.63) is 29.8 Å². The number of amides is 1. The summed E-state index contributed by atoms with van der Waals surface area (Å²) in [7, 11) is 0. The Morgan fingerprint density at radius 3 is 2.83 bits per heavy atom. The average molecular weight is 403 g/mol. The van der Waals surface area contributed by atoms with E-state index in [1.165, 1.54) is 6.07 Å². The zero-order chi connectivity index (χ0) is 20.4. The molecule has 0 unspecified atom stereocenters. The fourth-order valence-corrected chi connectivity index (χ4v) is 3.90. The first-order valence-corrected chi connectivity index (χ1v) is 10.1. The number of halogens is 1. The monoisotopic (exact) mass is 403 g/mol. The number of ether oxygens (including phenoxy) is 2. The van der Waals surface area contributed by atoms with Crippen molar-refractivity contribution < 1.29 is 18.7 Å². The highest BCUT2D eigenvalue weighted by Crippen LogP contribution is 2.36. The van der Waals surface area contributed by atoms with Crippen LogP contribution < -0.4 is 15.4 Å². The van der Waals surface area contributed by atoms with E-state index in [1.54, 1.807) is 6.07 Å². The fourth-order valence-electron chi connectivity index (χ4n) is 3.90. The minimum Gasteiger partial charge on any atom is -0.475 e. The summed E-state index contributed by atoms with van der Waals surface area (Å²) in [5.74, 6) is 0.400. The summed E-state index contributed by atoms with van der Waals surface area (Å²) in [5, 5.41) is 13.3. The third kappa shape index (κ3) is 4.96. The third-order valence-corrected chi connectivity index (χ3v) is 5.43. The van der Waals surface area contributed by atoms with Crippen LogP contribution in [-0.4, -0.2) is 39.5 Å². The second-order valence-corrected chi connectivity index (χ2v) is 7.94. The molecule has 0 saturated heterocycles. The number of nitrogens with zero attached hydrogens (tertiary/aromatic N) is 2. The Morgan fingerprint density at radius 2 is 1.97 bits per heavy atom. The van der Waals surface area contributed by atoms with Crippen molar-refractivity contribution in [2.24, 2.45) is 0 Å². The summed E-state index contributed by atoms with van der Waals surface area (Å²) in [4.78, 5) is 16.0. The maximum absolute atomic E-state index is 14.0. The van der Waals surface area contributed by atoms with Crippen LogP contribution in [0, 0.1) is 5.95 Å². The zero-order valence-corrected chi connectivity index (χ0v) is 16.6. The summed E-state index contributed by atoms with van der Waals surface area (Å²) >= 11 is 0. The number of rotatable bonds is 0. The molecule has 29 heavy (non-hydrogen) atoms. The van der Waals surface area contributed by atoms with E-state index in [-0.39, 0.29) is 36.1 Å². The van der Waals surface area contributed by atoms with Crippen LogP contribution in [0.1, 0.15) is 57.6 Å². The first-order chi connectivity index (χ1) is 13.9. The van der Waals surface area contributed by atoms with Crippen LogP contribution in [0.15, 0.2) is 18.2 Å². The molecule has 1 aliphatic heterocycles. The van der Waals surface area contributed by atoms with Gasteiger partial charge in [-0.15, -0.1) is 0 Å². The number of nitrogens with one attached hydrogen (secondary N) is 3. The molecule has 6 bridgehead atoms. The van der Waals surface area contributed by atoms with Gasteiger partial charge in [-0.2, -0.15) is 14.5 Å². The van der Waals surface area contributed by atoms with Crippen LogP contribution in [-0.2, 0) is 4.74 Å². The minimum atomic E-state index is -0.626. The maximum Gasteiger partial charge on any atom is 0.407 e. The van der Waals surface area contributed by atoms with Gasteiger partial charge in [0.2, 0.25) is 11.8 Å². The van der Waals surface area contributed by atoms with Crippen LogP contribution in [0.3, 0.4) is 0 Å². The standard InChI is InChI=1S/C20H26FN5O3/c1-11-3-4-12(2)28-19-9-14(8-17(21)24-19)23-18-10-16(25-26-18)13-5-6-15(7-13)29-20(27)22-11/h8-13,15H,3-7H2,1-2H3,(H,22,27)(H2,23,25,26)/t11-,12-,13-,15+/m0/s1. The van der Waals surface area contributed by atoms with Crippen molar-refractivity contribution in [1.82, 2.24) is 20.5 Å². The van der Waals surface area contributed by atoms with Gasteiger partial charge >= 0.3 is 6.09 Å². The summed E-state index contributed by atoms with van der Waals surface area (Å²) < 4.78 is 25.3. The predicted molar refractivity (Wildman–Crippen MR) is 105 cm³/mol. The van der Waals surface area contributed by atoms with Crippen LogP contribution in [0.2, 0.25) is 0 Å². The van der Waals surface area contributed by atoms with Gasteiger partial charge in [0.05, 0.1) is 6.10 Å². The lowest BCUT2D eigenvalue weighted by atomic mass is 10.0. The van der Waals surface area contributed by atoms with E-state index in [1.807, 2.05) is 19.9 Å². The number of anilines is 2. The van der Waals surface area contributed by atoms with E-state index in [9.17, 15) is 9.18 Å². The van der Waals surface area contributed by atoms with Gasteiger partial charge in [0.25, 0.3) is 0 Å². The second-order valence-electron chi connectivity index (χ2n) is 7.94. The van der Waals surface area contributed by atoms with Gasteiger partial charge in [-0.1, -0.05) is 0 Å². The van der Waals surface area contributed by atoms with Crippen molar-refractivity contribution in [3.8, 4) is 5.88 Å². The smallest absolute Gasteiger partial charge is 0.407 e. The molecule has 1 aliphatic carbocycles. The maximum atomic E-state index is 14.0. The third-order valence-electron chi connectivity index (χ3n) is 5.43. The van der Waals surface area contributed by atoms with Crippen molar-refractivity contribution in [2.45, 2.75) is 70.1 Å². The van der Waals surface area contributed by atoms with Crippen LogP contribution in [0.25, 0.3) is 0 Å². The highest BCUT2D eigenvalue weighted by atomic mass is 19.1. The molecule has 156 valence electrons. The Bertz CT molecular complexity index is 874. The normalized spacial score (nSPS) is 27.6. The number of aromatic nitrogens is 3. The SMILES string of the molecule is C[C@H]1CC[C@H](C)Oc2cc(cc(F)n2)Nc2cc([nH]n2)[C@H]2CC[C@H](C2)OC(=O)N1. The summed E-state index contributed by atoms with van der Waals surface area (Å²) in [5.41, 5.74) is 1.49. The lowest BCUT2D eigenvalue weighted by Crippen LogP contribution is -2.35. The topological polar surface area (TPSA) is 101 Å². The zero-order valence-electron chi connectivity index (χ0n) is 16.6. The highest BCUT2D eigenvalue weighted by molar-refractivity contribution is 5.67. The lowest BCUT2D eigenvalue weighted by Gasteiger charge is -2.19. The molecule has 2 aromatic rings. The highest BCUT2D eigenvalue weighted by Gasteiger charge is 2.30. The number of pyridine rings is 1. The second kappa shape index (κ2) is 8.26. The molecule has 0 spiro atoms. The number of alkyl carbamates (subject to hydrolysis) is 1. The number of fused-ring (bicyclic) bond motifs is 7. The van der Waals surface area contributed by atoms with Crippen molar-refractivity contribution in [2.75, 3.05) is 5.32 Å². The Balaban J connectivity index is 1.57. The van der Waals surface area contributed by atoms with Crippen LogP contribution in [0.4, 0.5) is 20.7 Å². The van der Waals surface area contributed by atoms with E-state index in [0.717, 1.165) is 25.0 Å². The molecule has 0 radical (unpaired) electrons. The molecule has 0 aromatic carbocycles. The van der Waals surface area contributed by atoms with Crippen molar-refractivity contribution >= 4 is 17.6 Å². The molecule has 1 amide bonds. The van der Waals surface area contributed by atoms with E-state index in [4.69, 9.17) is 9.47 Å². The first-order valence-electron chi connectivity index (χ1n) is 10.1. The Kier molecular flexibility index (Phi) is 5.55. The van der Waals surface area contributed by atoms with E-state index in [0.29, 0.717) is 24.3 Å². The molecular formula is C20H26FN5O3. The number of H-pyrrole nitrogens is 1. The molecular weight excluding hydrogens is 377 g/mol. The molecule has 1 saturated carbocycles. The summed E-state index contributed by atoms with van der Waals surface area (Å²) in [6.07, 6.45) is 3.18. The van der Waals surface area contributed by atoms with Crippen LogP contribution >= 0.6 is 0 Å². The molecule has 3 heterocycles. The van der Waals surface area contributed by atoms with Gasteiger partial charge < -0.3 is 20.1 Å². The molecule has 2 aromatic heterocycles. The van der Waals surface area contributed by atoms with Crippen LogP contribution in [0.5, 0.6) is 5.88 Å². The van der Waals surface area contributed by atoms with Gasteiger partial charge in [0.1, 0.15) is 6.10 Å². The Labute approximate surface area is 168 Å². The molecule has 3 N–H and O–H groups in total. The quantitative estimate of drug-likeness (QED) is 0.575. The van der Waals surface area contributed by atoms with E-state index < -0.39 is 5.95 Å². The number of hydrogen-bond acceptors (Lipinski definition) is 6. The first kappa shape index (κ1) is 19.5. The number of hydrogen-bond donors (Lipinski definition) is 3. The van der Waals surface area contributed by atoms with Gasteiger partial charge in [0.15, 0.2) is 5.82 Å². The number of carbonyl (C=O) groups excluding carboxylic acids is 1. The minimum absolute atomic E-state index is 0.0579. The average Bonchev–Trinajstić information content (AvgIpc) is 3.28. The molecule has 4 rings (SSSR count). The van der Waals surface area contributed by atoms with Crippen molar-refractivity contribution in [1.29, 1.82) is 0 Å². The van der Waals surface area contributed by atoms with Gasteiger partial charge in [-0.3, -0.25) is 5.10 Å². The largest absolute Gasteiger partial charge is 0.475 e. The summed E-state index contributed by atoms with van der Waals surface area (Å²) in [6, 6.07) is 4.81. The molecule has 4 atom stereocenters. The fraction of sp³-hybridized carbons (Fsp3) is 0.550. The molecule has 1 fully saturated rings. The van der Waals surface area contributed by atoms with Crippen molar-refractivity contribution in [3.63, 3.8) is 0 Å². The molecule has 9 heteroatoms. The lowest BCUT2D eigenvalue weighted by molar-refractivity contribution is 0.0963. The number of carbonyl (C=O) groups is 1. The van der Waals surface area contributed by atoms with Gasteiger partial charge in [-0.25, -0.2) is 4.79 Å². The summed E-state index contributed by atoms with van der Waals surface area (Å²) in [6.45, 7) is 3.82. The molecule has 2 aliphatic rings. The molecule has 8 nitrogen and oxygen atoms in total. The van der Waals surface area contributed by atoms with E-state index >= 15 is 0 Å². The predicted octanol–water partition coefficient (Wildman–Crippen LogP) is 4.00. The van der Waals surface area contributed by atoms with Gasteiger partial charge in [-0.05, 0) is 46.0 Å². The van der Waals surface area contributed by atoms with Gasteiger partial charge in [0, 0.05) is 41.5 Å². The Morgan fingerprint density at radius 1 is 1.10 bits per heavy atom. The van der Waals surface area contributed by atoms with E-state index in [2.05, 4.69) is 25.8 Å². The Hall–Kier alpha value is -2.84.